The molecule has 0 heterocycles. The van der Waals surface area contributed by atoms with E-state index in [0.29, 0.717) is 45.6 Å². The Morgan fingerprint density at radius 1 is 0.773 bits per heavy atom. The number of nitrogens with one attached hydrogen (secondary N) is 1. The summed E-state index contributed by atoms with van der Waals surface area (Å²) < 4.78 is 0. The normalized spacial score (nSPS) is 10.0. The maximum absolute atomic E-state index is 11.6. The fraction of sp³-hybridized carbons (Fsp3) is 0.733. The third kappa shape index (κ3) is 9.90. The lowest BCUT2D eigenvalue weighted by atomic mass is 10.2. The molecule has 0 aromatic rings. The highest BCUT2D eigenvalue weighted by atomic mass is 16.2. The Labute approximate surface area is 132 Å². The zero-order chi connectivity index (χ0) is 17.1. The van der Waals surface area contributed by atoms with Crippen molar-refractivity contribution in [2.75, 3.05) is 32.7 Å². The SMILES string of the molecule is CC(=O)CCCN(CCN(CCNC(C)=O)C(C)=O)C(C)=O. The quantitative estimate of drug-likeness (QED) is 0.624. The van der Waals surface area contributed by atoms with Crippen LogP contribution in [0.15, 0.2) is 0 Å². The Morgan fingerprint density at radius 2 is 1.27 bits per heavy atom. The number of rotatable bonds is 10. The van der Waals surface area contributed by atoms with Crippen LogP contribution in [0.1, 0.15) is 40.5 Å². The van der Waals surface area contributed by atoms with Crippen LogP contribution in [0.25, 0.3) is 0 Å². The van der Waals surface area contributed by atoms with Gasteiger partial charge in [-0.2, -0.15) is 0 Å². The monoisotopic (exact) mass is 313 g/mol. The van der Waals surface area contributed by atoms with Crippen LogP contribution in [0.3, 0.4) is 0 Å². The van der Waals surface area contributed by atoms with Crippen LogP contribution in [0.5, 0.6) is 0 Å². The minimum atomic E-state index is -0.141. The fourth-order valence-electron chi connectivity index (χ4n) is 1.98. The second-order valence-electron chi connectivity index (χ2n) is 5.30. The van der Waals surface area contributed by atoms with Crippen molar-refractivity contribution in [3.8, 4) is 0 Å². The van der Waals surface area contributed by atoms with Crippen molar-refractivity contribution in [1.29, 1.82) is 0 Å². The largest absolute Gasteiger partial charge is 0.355 e. The maximum Gasteiger partial charge on any atom is 0.219 e. The molecule has 0 aliphatic carbocycles. The van der Waals surface area contributed by atoms with E-state index in [-0.39, 0.29) is 23.5 Å². The van der Waals surface area contributed by atoms with Gasteiger partial charge in [-0.05, 0) is 13.3 Å². The van der Waals surface area contributed by atoms with Crippen LogP contribution in [-0.2, 0) is 19.2 Å². The molecule has 0 atom stereocenters. The molecule has 0 fully saturated rings. The first-order valence-corrected chi connectivity index (χ1v) is 7.49. The summed E-state index contributed by atoms with van der Waals surface area (Å²) in [6.45, 7) is 8.02. The number of Topliss-reactive ketones (excluding diaryl/α,β-unsaturated/α-hetero) is 1. The van der Waals surface area contributed by atoms with Crippen LogP contribution >= 0.6 is 0 Å². The van der Waals surface area contributed by atoms with Gasteiger partial charge in [0, 0.05) is 59.9 Å². The predicted molar refractivity (Wildman–Crippen MR) is 83.1 cm³/mol. The van der Waals surface area contributed by atoms with E-state index >= 15 is 0 Å². The molecule has 1 N–H and O–H groups in total. The molecule has 3 amide bonds. The van der Waals surface area contributed by atoms with E-state index in [4.69, 9.17) is 0 Å². The first-order valence-electron chi connectivity index (χ1n) is 7.49. The third-order valence-corrected chi connectivity index (χ3v) is 3.24. The molecule has 0 rings (SSSR count). The third-order valence-electron chi connectivity index (χ3n) is 3.24. The maximum atomic E-state index is 11.6. The highest BCUT2D eigenvalue weighted by Gasteiger charge is 2.13. The molecule has 0 aliphatic rings. The molecule has 0 unspecified atom stereocenters. The molecule has 7 heteroatoms. The van der Waals surface area contributed by atoms with Gasteiger partial charge in [0.25, 0.3) is 0 Å². The number of amides is 3. The van der Waals surface area contributed by atoms with E-state index in [1.54, 1.807) is 9.80 Å². The Kier molecular flexibility index (Phi) is 9.82. The van der Waals surface area contributed by atoms with E-state index < -0.39 is 0 Å². The summed E-state index contributed by atoms with van der Waals surface area (Å²) in [7, 11) is 0. The zero-order valence-electron chi connectivity index (χ0n) is 14.0. The Bertz CT molecular complexity index is 372. The summed E-state index contributed by atoms with van der Waals surface area (Å²) in [5.41, 5.74) is 0. The van der Waals surface area contributed by atoms with Gasteiger partial charge in [0.1, 0.15) is 5.78 Å². The lowest BCUT2D eigenvalue weighted by Gasteiger charge is -2.26. The molecule has 0 radical (unpaired) electrons. The van der Waals surface area contributed by atoms with Crippen LogP contribution < -0.4 is 5.32 Å². The first kappa shape index (κ1) is 20.1. The average molecular weight is 313 g/mol. The van der Waals surface area contributed by atoms with Gasteiger partial charge in [0.05, 0.1) is 0 Å². The zero-order valence-corrected chi connectivity index (χ0v) is 14.0. The molecular weight excluding hydrogens is 286 g/mol. The van der Waals surface area contributed by atoms with Crippen molar-refractivity contribution in [2.24, 2.45) is 0 Å². The van der Waals surface area contributed by atoms with E-state index in [2.05, 4.69) is 5.32 Å². The van der Waals surface area contributed by atoms with Crippen LogP contribution in [0.4, 0.5) is 0 Å². The van der Waals surface area contributed by atoms with Crippen LogP contribution in [0.2, 0.25) is 0 Å². The molecule has 7 nitrogen and oxygen atoms in total. The second kappa shape index (κ2) is 10.8. The topological polar surface area (TPSA) is 86.8 Å². The standard InChI is InChI=1S/C15H27N3O4/c1-12(19)6-5-8-17(14(3)21)10-11-18(15(4)22)9-7-16-13(2)20/h5-11H2,1-4H3,(H,16,20). The molecular formula is C15H27N3O4. The van der Waals surface area contributed by atoms with E-state index in [0.717, 1.165) is 0 Å². The summed E-state index contributed by atoms with van der Waals surface area (Å²) in [4.78, 5) is 48.1. The predicted octanol–water partition coefficient (Wildman–Crippen LogP) is 0.189. The summed E-state index contributed by atoms with van der Waals surface area (Å²) in [5, 5.41) is 2.64. The van der Waals surface area contributed by atoms with E-state index in [1.165, 1.54) is 27.7 Å². The highest BCUT2D eigenvalue weighted by Crippen LogP contribution is 1.99. The number of hydrogen-bond donors (Lipinski definition) is 1. The molecule has 0 aliphatic heterocycles. The molecule has 0 saturated carbocycles. The molecule has 0 bridgehead atoms. The molecule has 0 saturated heterocycles. The smallest absolute Gasteiger partial charge is 0.219 e. The molecule has 0 aromatic carbocycles. The van der Waals surface area contributed by atoms with Gasteiger partial charge in [0.15, 0.2) is 0 Å². The fourth-order valence-corrected chi connectivity index (χ4v) is 1.98. The molecule has 0 aromatic heterocycles. The minimum absolute atomic E-state index is 0.0751. The Morgan fingerprint density at radius 3 is 1.68 bits per heavy atom. The van der Waals surface area contributed by atoms with Crippen molar-refractivity contribution in [1.82, 2.24) is 15.1 Å². The number of ketones is 1. The Balaban J connectivity index is 4.31. The van der Waals surface area contributed by atoms with Gasteiger partial charge in [-0.25, -0.2) is 0 Å². The van der Waals surface area contributed by atoms with Gasteiger partial charge in [0.2, 0.25) is 17.7 Å². The Hall–Kier alpha value is -1.92. The van der Waals surface area contributed by atoms with Crippen LogP contribution in [-0.4, -0.2) is 66.0 Å². The summed E-state index contributed by atoms with van der Waals surface area (Å²) >= 11 is 0. The van der Waals surface area contributed by atoms with Gasteiger partial charge in [-0.1, -0.05) is 0 Å². The highest BCUT2D eigenvalue weighted by molar-refractivity contribution is 5.76. The molecule has 126 valence electrons. The van der Waals surface area contributed by atoms with Gasteiger partial charge < -0.3 is 19.9 Å². The molecule has 22 heavy (non-hydrogen) atoms. The number of hydrogen-bond acceptors (Lipinski definition) is 4. The number of carbonyl (C=O) groups excluding carboxylic acids is 4. The van der Waals surface area contributed by atoms with Crippen LogP contribution in [0, 0.1) is 0 Å². The lowest BCUT2D eigenvalue weighted by Crippen LogP contribution is -2.43. The summed E-state index contributed by atoms with van der Waals surface area (Å²) in [5.74, 6) is -0.214. The van der Waals surface area contributed by atoms with Gasteiger partial charge in [-0.15, -0.1) is 0 Å². The van der Waals surface area contributed by atoms with Crippen molar-refractivity contribution >= 4 is 23.5 Å². The van der Waals surface area contributed by atoms with Crippen molar-refractivity contribution < 1.29 is 19.2 Å². The summed E-state index contributed by atoms with van der Waals surface area (Å²) in [6, 6.07) is 0. The number of nitrogens with zero attached hydrogens (tertiary/aromatic N) is 2. The van der Waals surface area contributed by atoms with Crippen molar-refractivity contribution in [3.05, 3.63) is 0 Å². The second-order valence-corrected chi connectivity index (χ2v) is 5.30. The van der Waals surface area contributed by atoms with Gasteiger partial charge in [-0.3, -0.25) is 14.4 Å². The number of carbonyl (C=O) groups is 4. The minimum Gasteiger partial charge on any atom is -0.355 e. The van der Waals surface area contributed by atoms with Gasteiger partial charge >= 0.3 is 0 Å². The van der Waals surface area contributed by atoms with Crippen molar-refractivity contribution in [2.45, 2.75) is 40.5 Å². The lowest BCUT2D eigenvalue weighted by molar-refractivity contribution is -0.133. The van der Waals surface area contributed by atoms with E-state index in [9.17, 15) is 19.2 Å². The first-order chi connectivity index (χ1) is 10.2. The van der Waals surface area contributed by atoms with Crippen molar-refractivity contribution in [3.63, 3.8) is 0 Å². The van der Waals surface area contributed by atoms with E-state index in [1.807, 2.05) is 0 Å². The summed E-state index contributed by atoms with van der Waals surface area (Å²) in [6.07, 6.45) is 1.07. The molecule has 0 spiro atoms. The average Bonchev–Trinajstić information content (AvgIpc) is 2.38.